The quantitative estimate of drug-likeness (QED) is 0.898. The number of morpholine rings is 1. The highest BCUT2D eigenvalue weighted by Crippen LogP contribution is 2.18. The molecule has 0 radical (unpaired) electrons. The van der Waals surface area contributed by atoms with E-state index in [1.807, 2.05) is 24.3 Å². The average Bonchev–Trinajstić information content (AvgIpc) is 2.41. The smallest absolute Gasteiger partial charge is 0.250 e. The Morgan fingerprint density at radius 1 is 1.56 bits per heavy atom. The summed E-state index contributed by atoms with van der Waals surface area (Å²) in [5, 5.41) is 3.38. The van der Waals surface area contributed by atoms with Crippen molar-refractivity contribution in [2.45, 2.75) is 12.6 Å². The number of rotatable bonds is 3. The molecule has 1 aromatic carbocycles. The van der Waals surface area contributed by atoms with Crippen LogP contribution < -0.4 is 5.32 Å². The lowest BCUT2D eigenvalue weighted by Gasteiger charge is -2.32. The first kappa shape index (κ1) is 13.3. The molecule has 0 bridgehead atoms. The number of amides is 1. The number of nitrogens with one attached hydrogen (secondary N) is 1. The molecule has 98 valence electrons. The van der Waals surface area contributed by atoms with Gasteiger partial charge in [0, 0.05) is 31.7 Å². The third-order valence-corrected chi connectivity index (χ3v) is 3.41. The normalized spacial score (nSPS) is 20.7. The lowest BCUT2D eigenvalue weighted by atomic mass is 10.2. The summed E-state index contributed by atoms with van der Waals surface area (Å²) in [6, 6.07) is 7.77. The van der Waals surface area contributed by atoms with Gasteiger partial charge in [0.1, 0.15) is 6.10 Å². The first-order valence-electron chi connectivity index (χ1n) is 5.99. The van der Waals surface area contributed by atoms with Gasteiger partial charge in [0.15, 0.2) is 0 Å². The van der Waals surface area contributed by atoms with E-state index in [0.717, 1.165) is 23.7 Å². The monoisotopic (exact) mass is 268 g/mol. The lowest BCUT2D eigenvalue weighted by Crippen LogP contribution is -2.48. The summed E-state index contributed by atoms with van der Waals surface area (Å²) in [5.41, 5.74) is 1.08. The SMILES string of the molecule is CNC(=O)C1CN(Cc2ccccc2Cl)CCO1. The number of likely N-dealkylation sites (N-methyl/N-ethyl adjacent to an activating group) is 1. The molecule has 1 saturated heterocycles. The van der Waals surface area contributed by atoms with Crippen molar-refractivity contribution in [3.63, 3.8) is 0 Å². The molecule has 1 heterocycles. The fourth-order valence-corrected chi connectivity index (χ4v) is 2.23. The Bertz CT molecular complexity index is 425. The fourth-order valence-electron chi connectivity index (χ4n) is 2.03. The molecule has 1 atom stereocenters. The first-order valence-corrected chi connectivity index (χ1v) is 6.37. The van der Waals surface area contributed by atoms with E-state index in [4.69, 9.17) is 16.3 Å². The van der Waals surface area contributed by atoms with Crippen LogP contribution in [0.2, 0.25) is 5.02 Å². The van der Waals surface area contributed by atoms with Crippen LogP contribution in [-0.2, 0) is 16.1 Å². The lowest BCUT2D eigenvalue weighted by molar-refractivity contribution is -0.138. The number of benzene rings is 1. The minimum atomic E-state index is -0.383. The highest BCUT2D eigenvalue weighted by Gasteiger charge is 2.25. The van der Waals surface area contributed by atoms with Crippen LogP contribution in [0.15, 0.2) is 24.3 Å². The molecule has 4 nitrogen and oxygen atoms in total. The Hall–Kier alpha value is -1.10. The summed E-state index contributed by atoms with van der Waals surface area (Å²) < 4.78 is 5.44. The van der Waals surface area contributed by atoms with Crippen LogP contribution in [-0.4, -0.2) is 43.7 Å². The number of nitrogens with zero attached hydrogens (tertiary/aromatic N) is 1. The second-order valence-electron chi connectivity index (χ2n) is 4.30. The summed E-state index contributed by atoms with van der Waals surface area (Å²) in [7, 11) is 1.62. The van der Waals surface area contributed by atoms with Gasteiger partial charge < -0.3 is 10.1 Å². The summed E-state index contributed by atoms with van der Waals surface area (Å²) in [5.74, 6) is -0.0705. The van der Waals surface area contributed by atoms with Crippen LogP contribution in [0.5, 0.6) is 0 Å². The number of hydrogen-bond acceptors (Lipinski definition) is 3. The summed E-state index contributed by atoms with van der Waals surface area (Å²) in [6.07, 6.45) is -0.383. The summed E-state index contributed by atoms with van der Waals surface area (Å²) in [4.78, 5) is 13.7. The zero-order valence-corrected chi connectivity index (χ0v) is 11.1. The topological polar surface area (TPSA) is 41.6 Å². The molecule has 1 N–H and O–H groups in total. The molecule has 5 heteroatoms. The Morgan fingerprint density at radius 3 is 3.06 bits per heavy atom. The molecule has 0 saturated carbocycles. The Labute approximate surface area is 112 Å². The number of halogens is 1. The van der Waals surface area contributed by atoms with Gasteiger partial charge >= 0.3 is 0 Å². The van der Waals surface area contributed by atoms with E-state index in [2.05, 4.69) is 10.2 Å². The number of ether oxygens (including phenoxy) is 1. The van der Waals surface area contributed by atoms with Crippen molar-refractivity contribution in [3.8, 4) is 0 Å². The second-order valence-corrected chi connectivity index (χ2v) is 4.71. The molecule has 0 aliphatic carbocycles. The van der Waals surface area contributed by atoms with Crippen LogP contribution in [0.3, 0.4) is 0 Å². The van der Waals surface area contributed by atoms with Crippen LogP contribution >= 0.6 is 11.6 Å². The third kappa shape index (κ3) is 3.22. The van der Waals surface area contributed by atoms with E-state index in [1.165, 1.54) is 0 Å². The number of carbonyl (C=O) groups excluding carboxylic acids is 1. The predicted octanol–water partition coefficient (Wildman–Crippen LogP) is 1.29. The minimum Gasteiger partial charge on any atom is -0.366 e. The van der Waals surface area contributed by atoms with Gasteiger partial charge in [-0.25, -0.2) is 0 Å². The maximum atomic E-state index is 11.5. The second kappa shape index (κ2) is 6.18. The Kier molecular flexibility index (Phi) is 4.58. The summed E-state index contributed by atoms with van der Waals surface area (Å²) >= 11 is 6.13. The van der Waals surface area contributed by atoms with Gasteiger partial charge in [-0.3, -0.25) is 9.69 Å². The maximum Gasteiger partial charge on any atom is 0.250 e. The van der Waals surface area contributed by atoms with Crippen molar-refractivity contribution in [3.05, 3.63) is 34.9 Å². The van der Waals surface area contributed by atoms with E-state index in [1.54, 1.807) is 7.05 Å². The van der Waals surface area contributed by atoms with Gasteiger partial charge in [-0.1, -0.05) is 29.8 Å². The van der Waals surface area contributed by atoms with E-state index in [0.29, 0.717) is 13.2 Å². The Balaban J connectivity index is 1.98. The number of hydrogen-bond donors (Lipinski definition) is 1. The molecule has 1 fully saturated rings. The molecule has 1 unspecified atom stereocenters. The van der Waals surface area contributed by atoms with E-state index in [-0.39, 0.29) is 12.0 Å². The van der Waals surface area contributed by atoms with E-state index >= 15 is 0 Å². The standard InChI is InChI=1S/C13H17ClN2O2/c1-15-13(17)12-9-16(6-7-18-12)8-10-4-2-3-5-11(10)14/h2-5,12H,6-9H2,1H3,(H,15,17). The van der Waals surface area contributed by atoms with E-state index in [9.17, 15) is 4.79 Å². The molecule has 1 amide bonds. The van der Waals surface area contributed by atoms with Gasteiger partial charge in [-0.05, 0) is 11.6 Å². The van der Waals surface area contributed by atoms with Gasteiger partial charge in [0.05, 0.1) is 6.61 Å². The maximum absolute atomic E-state index is 11.5. The molecule has 1 aromatic rings. The average molecular weight is 269 g/mol. The van der Waals surface area contributed by atoms with Crippen molar-refractivity contribution in [2.24, 2.45) is 0 Å². The molecular formula is C13H17ClN2O2. The van der Waals surface area contributed by atoms with Gasteiger partial charge in [0.2, 0.25) is 5.91 Å². The predicted molar refractivity (Wildman–Crippen MR) is 70.5 cm³/mol. The zero-order valence-electron chi connectivity index (χ0n) is 10.4. The largest absolute Gasteiger partial charge is 0.366 e. The van der Waals surface area contributed by atoms with Crippen molar-refractivity contribution in [1.29, 1.82) is 0 Å². The van der Waals surface area contributed by atoms with E-state index < -0.39 is 0 Å². The van der Waals surface area contributed by atoms with Crippen molar-refractivity contribution in [2.75, 3.05) is 26.7 Å². The molecule has 1 aliphatic rings. The van der Waals surface area contributed by atoms with Crippen LogP contribution in [0.25, 0.3) is 0 Å². The van der Waals surface area contributed by atoms with Crippen LogP contribution in [0.4, 0.5) is 0 Å². The van der Waals surface area contributed by atoms with Crippen molar-refractivity contribution in [1.82, 2.24) is 10.2 Å². The zero-order chi connectivity index (χ0) is 13.0. The highest BCUT2D eigenvalue weighted by molar-refractivity contribution is 6.31. The highest BCUT2D eigenvalue weighted by atomic mass is 35.5. The molecule has 2 rings (SSSR count). The minimum absolute atomic E-state index is 0.0705. The van der Waals surface area contributed by atoms with Gasteiger partial charge in [-0.2, -0.15) is 0 Å². The first-order chi connectivity index (χ1) is 8.70. The molecule has 0 aromatic heterocycles. The van der Waals surface area contributed by atoms with Crippen LogP contribution in [0.1, 0.15) is 5.56 Å². The number of carbonyl (C=O) groups is 1. The van der Waals surface area contributed by atoms with Crippen LogP contribution in [0, 0.1) is 0 Å². The van der Waals surface area contributed by atoms with Crippen molar-refractivity contribution >= 4 is 17.5 Å². The Morgan fingerprint density at radius 2 is 2.33 bits per heavy atom. The van der Waals surface area contributed by atoms with Crippen molar-refractivity contribution < 1.29 is 9.53 Å². The van der Waals surface area contributed by atoms with Gasteiger partial charge in [-0.15, -0.1) is 0 Å². The third-order valence-electron chi connectivity index (χ3n) is 3.04. The molecule has 18 heavy (non-hydrogen) atoms. The summed E-state index contributed by atoms with van der Waals surface area (Å²) in [6.45, 7) is 2.74. The molecule has 0 spiro atoms. The van der Waals surface area contributed by atoms with Gasteiger partial charge in [0.25, 0.3) is 0 Å². The molecular weight excluding hydrogens is 252 g/mol. The molecule has 1 aliphatic heterocycles. The fraction of sp³-hybridized carbons (Fsp3) is 0.462.